The van der Waals surface area contributed by atoms with Crippen molar-refractivity contribution in [3.63, 3.8) is 0 Å². The summed E-state index contributed by atoms with van der Waals surface area (Å²) in [6.45, 7) is 2.23. The molecule has 1 aromatic rings. The maximum Gasteiger partial charge on any atom is 0.241 e. The van der Waals surface area contributed by atoms with Crippen LogP contribution in [-0.2, 0) is 4.79 Å². The van der Waals surface area contributed by atoms with Crippen LogP contribution < -0.4 is 10.6 Å². The zero-order valence-corrected chi connectivity index (χ0v) is 10.5. The number of benzene rings is 1. The Labute approximate surface area is 107 Å². The molecule has 0 saturated carbocycles. The Bertz CT molecular complexity index is 419. The van der Waals surface area contributed by atoms with Crippen LogP contribution in [0.15, 0.2) is 24.3 Å². The van der Waals surface area contributed by atoms with Crippen molar-refractivity contribution in [2.75, 3.05) is 38.1 Å². The van der Waals surface area contributed by atoms with E-state index in [2.05, 4.69) is 0 Å². The Kier molecular flexibility index (Phi) is 3.96. The van der Waals surface area contributed by atoms with E-state index in [9.17, 15) is 9.90 Å². The molecule has 0 aliphatic carbocycles. The second-order valence-electron chi connectivity index (χ2n) is 4.63. The first-order chi connectivity index (χ1) is 8.61. The second kappa shape index (κ2) is 5.48. The van der Waals surface area contributed by atoms with Crippen molar-refractivity contribution < 1.29 is 9.90 Å². The lowest BCUT2D eigenvalue weighted by molar-refractivity contribution is -0.120. The molecule has 98 valence electrons. The number of hydrogen-bond acceptors (Lipinski definition) is 4. The van der Waals surface area contributed by atoms with E-state index >= 15 is 0 Å². The Morgan fingerprint density at radius 2 is 2.00 bits per heavy atom. The lowest BCUT2D eigenvalue weighted by Gasteiger charge is -2.32. The molecular formula is C13H19N3O2. The zero-order valence-electron chi connectivity index (χ0n) is 10.5. The lowest BCUT2D eigenvalue weighted by atomic mass is 10.1. The average Bonchev–Trinajstić information content (AvgIpc) is 2.38. The van der Waals surface area contributed by atoms with Crippen LogP contribution in [-0.4, -0.2) is 49.1 Å². The van der Waals surface area contributed by atoms with Gasteiger partial charge in [0.1, 0.15) is 0 Å². The van der Waals surface area contributed by atoms with E-state index in [0.29, 0.717) is 13.1 Å². The van der Waals surface area contributed by atoms with Crippen LogP contribution in [0.3, 0.4) is 0 Å². The van der Waals surface area contributed by atoms with E-state index in [1.165, 1.54) is 0 Å². The number of likely N-dealkylation sites (N-methyl/N-ethyl adjacent to an activating group) is 1. The summed E-state index contributed by atoms with van der Waals surface area (Å²) in [5, 5.41) is 9.60. The Morgan fingerprint density at radius 1 is 1.33 bits per heavy atom. The molecule has 1 aliphatic rings. The predicted molar refractivity (Wildman–Crippen MR) is 70.3 cm³/mol. The minimum atomic E-state index is -0.637. The summed E-state index contributed by atoms with van der Waals surface area (Å²) in [6, 6.07) is 7.35. The van der Waals surface area contributed by atoms with E-state index in [4.69, 9.17) is 5.73 Å². The van der Waals surface area contributed by atoms with E-state index in [1.54, 1.807) is 4.90 Å². The number of nitrogens with two attached hydrogens (primary N) is 1. The van der Waals surface area contributed by atoms with Gasteiger partial charge in [0.25, 0.3) is 0 Å². The van der Waals surface area contributed by atoms with Gasteiger partial charge in [0, 0.05) is 25.3 Å². The summed E-state index contributed by atoms with van der Waals surface area (Å²) in [7, 11) is 1.94. The van der Waals surface area contributed by atoms with Crippen molar-refractivity contribution in [3.05, 3.63) is 29.8 Å². The summed E-state index contributed by atoms with van der Waals surface area (Å²) in [4.78, 5) is 15.7. The van der Waals surface area contributed by atoms with E-state index in [0.717, 1.165) is 17.8 Å². The van der Waals surface area contributed by atoms with Gasteiger partial charge < -0.3 is 15.7 Å². The molecule has 0 radical (unpaired) electrons. The third-order valence-corrected chi connectivity index (χ3v) is 3.22. The van der Waals surface area contributed by atoms with Crippen molar-refractivity contribution in [3.8, 4) is 0 Å². The highest BCUT2D eigenvalue weighted by Gasteiger charge is 2.22. The summed E-state index contributed by atoms with van der Waals surface area (Å²) in [5.41, 5.74) is 7.06. The van der Waals surface area contributed by atoms with Crippen LogP contribution in [0.25, 0.3) is 0 Å². The fourth-order valence-electron chi connectivity index (χ4n) is 2.08. The minimum absolute atomic E-state index is 0.107. The first-order valence-electron chi connectivity index (χ1n) is 6.09. The summed E-state index contributed by atoms with van der Waals surface area (Å²) in [5.74, 6) is 0.107. The highest BCUT2D eigenvalue weighted by atomic mass is 16.3. The molecule has 1 unspecified atom stereocenters. The maximum atomic E-state index is 11.9. The monoisotopic (exact) mass is 249 g/mol. The van der Waals surface area contributed by atoms with Gasteiger partial charge in [-0.1, -0.05) is 12.1 Å². The molecule has 1 amide bonds. The number of carbonyl (C=O) groups is 1. The largest absolute Gasteiger partial charge is 0.387 e. The highest BCUT2D eigenvalue weighted by molar-refractivity contribution is 5.95. The molecule has 1 aliphatic heterocycles. The molecular weight excluding hydrogens is 230 g/mol. The Morgan fingerprint density at radius 3 is 2.56 bits per heavy atom. The molecule has 0 spiro atoms. The van der Waals surface area contributed by atoms with E-state index in [1.807, 2.05) is 36.2 Å². The van der Waals surface area contributed by atoms with Crippen LogP contribution >= 0.6 is 0 Å². The molecule has 1 aromatic carbocycles. The minimum Gasteiger partial charge on any atom is -0.387 e. The molecule has 1 atom stereocenters. The van der Waals surface area contributed by atoms with Crippen molar-refractivity contribution in [2.24, 2.45) is 5.73 Å². The number of hydrogen-bond donors (Lipinski definition) is 2. The van der Waals surface area contributed by atoms with Gasteiger partial charge in [-0.25, -0.2) is 0 Å². The second-order valence-corrected chi connectivity index (χ2v) is 4.63. The molecule has 1 heterocycles. The van der Waals surface area contributed by atoms with Gasteiger partial charge in [-0.3, -0.25) is 9.69 Å². The first-order valence-corrected chi connectivity index (χ1v) is 6.09. The molecule has 5 nitrogen and oxygen atoms in total. The first kappa shape index (κ1) is 13.0. The highest BCUT2D eigenvalue weighted by Crippen LogP contribution is 2.20. The quantitative estimate of drug-likeness (QED) is 0.788. The fourth-order valence-corrected chi connectivity index (χ4v) is 2.08. The summed E-state index contributed by atoms with van der Waals surface area (Å²) in [6.07, 6.45) is -0.637. The van der Waals surface area contributed by atoms with Gasteiger partial charge in [0.05, 0.1) is 12.6 Å². The number of anilines is 1. The molecule has 2 rings (SSSR count). The Hall–Kier alpha value is -1.43. The van der Waals surface area contributed by atoms with Crippen molar-refractivity contribution in [2.45, 2.75) is 6.10 Å². The third kappa shape index (κ3) is 2.69. The lowest BCUT2D eigenvalue weighted by Crippen LogP contribution is -2.48. The van der Waals surface area contributed by atoms with Crippen molar-refractivity contribution in [1.29, 1.82) is 0 Å². The number of aliphatic hydroxyl groups excluding tert-OH is 1. The fraction of sp³-hybridized carbons (Fsp3) is 0.462. The topological polar surface area (TPSA) is 69.8 Å². The van der Waals surface area contributed by atoms with Crippen LogP contribution in [0, 0.1) is 0 Å². The van der Waals surface area contributed by atoms with Crippen LogP contribution in [0.1, 0.15) is 11.7 Å². The summed E-state index contributed by atoms with van der Waals surface area (Å²) < 4.78 is 0. The smallest absolute Gasteiger partial charge is 0.241 e. The number of aliphatic hydroxyl groups is 1. The molecule has 1 saturated heterocycles. The van der Waals surface area contributed by atoms with Crippen molar-refractivity contribution >= 4 is 11.6 Å². The number of amides is 1. The predicted octanol–water partition coefficient (Wildman–Crippen LogP) is -0.0429. The molecule has 3 N–H and O–H groups in total. The summed E-state index contributed by atoms with van der Waals surface area (Å²) >= 11 is 0. The van der Waals surface area contributed by atoms with Gasteiger partial charge in [-0.05, 0) is 24.7 Å². The number of carbonyl (C=O) groups excluding carboxylic acids is 1. The Balaban J connectivity index is 2.12. The molecule has 1 fully saturated rings. The molecule has 0 bridgehead atoms. The third-order valence-electron chi connectivity index (χ3n) is 3.22. The SMILES string of the molecule is CN1CCN(c2ccc(C(O)CN)cc2)C(=O)C1. The van der Waals surface area contributed by atoms with Gasteiger partial charge in [-0.15, -0.1) is 0 Å². The molecule has 5 heteroatoms. The van der Waals surface area contributed by atoms with Gasteiger partial charge in [-0.2, -0.15) is 0 Å². The van der Waals surface area contributed by atoms with Gasteiger partial charge in [0.2, 0.25) is 5.91 Å². The van der Waals surface area contributed by atoms with Crippen molar-refractivity contribution in [1.82, 2.24) is 4.90 Å². The molecule has 18 heavy (non-hydrogen) atoms. The zero-order chi connectivity index (χ0) is 13.1. The number of piperazine rings is 1. The van der Waals surface area contributed by atoms with E-state index in [-0.39, 0.29) is 12.5 Å². The van der Waals surface area contributed by atoms with Gasteiger partial charge >= 0.3 is 0 Å². The van der Waals surface area contributed by atoms with Gasteiger partial charge in [0.15, 0.2) is 0 Å². The number of nitrogens with zero attached hydrogens (tertiary/aromatic N) is 2. The van der Waals surface area contributed by atoms with Crippen LogP contribution in [0.4, 0.5) is 5.69 Å². The average molecular weight is 249 g/mol. The normalized spacial score (nSPS) is 19.1. The number of rotatable bonds is 3. The standard InChI is InChI=1S/C13H19N3O2/c1-15-6-7-16(13(18)9-15)11-4-2-10(3-5-11)12(17)8-14/h2-5,12,17H,6-9,14H2,1H3. The van der Waals surface area contributed by atoms with Crippen LogP contribution in [0.5, 0.6) is 0 Å². The molecule has 0 aromatic heterocycles. The van der Waals surface area contributed by atoms with E-state index < -0.39 is 6.10 Å². The van der Waals surface area contributed by atoms with Crippen LogP contribution in [0.2, 0.25) is 0 Å². The maximum absolute atomic E-state index is 11.9.